The molecule has 1 aromatic carbocycles. The molecular weight excluding hydrogens is 384 g/mol. The minimum atomic E-state index is 0.142. The Bertz CT molecular complexity index is 811. The number of hydrogen-bond acceptors (Lipinski definition) is 6. The Balaban J connectivity index is 0.000000321. The molecule has 0 spiro atoms. The summed E-state index contributed by atoms with van der Waals surface area (Å²) < 4.78 is 0. The van der Waals surface area contributed by atoms with E-state index in [1.807, 2.05) is 25.1 Å². The predicted octanol–water partition coefficient (Wildman–Crippen LogP) is 5.69. The third kappa shape index (κ3) is 7.42. The third-order valence-electron chi connectivity index (χ3n) is 4.63. The Morgan fingerprint density at radius 3 is 2.59 bits per heavy atom. The van der Waals surface area contributed by atoms with Crippen LogP contribution in [0.15, 0.2) is 40.5 Å². The minimum absolute atomic E-state index is 0.142. The molecule has 3 rings (SSSR count). The first-order valence-corrected chi connectivity index (χ1v) is 10.8. The Kier molecular flexibility index (Phi) is 9.50. The highest BCUT2D eigenvalue weighted by Gasteiger charge is 2.22. The maximum atomic E-state index is 12.3. The zero-order valence-corrected chi connectivity index (χ0v) is 18.3. The lowest BCUT2D eigenvalue weighted by molar-refractivity contribution is -0.120. The molecule has 1 aromatic heterocycles. The van der Waals surface area contributed by atoms with Gasteiger partial charge in [-0.15, -0.1) is 11.3 Å². The Morgan fingerprint density at radius 2 is 1.97 bits per heavy atom. The van der Waals surface area contributed by atoms with Crippen LogP contribution in [-0.4, -0.2) is 30.1 Å². The van der Waals surface area contributed by atoms with Gasteiger partial charge in [-0.05, 0) is 26.7 Å². The zero-order chi connectivity index (χ0) is 21.1. The summed E-state index contributed by atoms with van der Waals surface area (Å²) in [7, 11) is 0. The highest BCUT2D eigenvalue weighted by molar-refractivity contribution is 7.16. The number of aryl methyl sites for hydroxylation is 1. The molecular formula is C22H30N4O2S. The molecule has 1 aliphatic carbocycles. The lowest BCUT2D eigenvalue weighted by Crippen LogP contribution is -2.24. The van der Waals surface area contributed by atoms with Crippen molar-refractivity contribution in [2.24, 2.45) is 16.1 Å². The number of carbonyl (C=O) groups is 1. The minimum Gasteiger partial charge on any atom is -0.343 e. The maximum absolute atomic E-state index is 12.3. The SMILES string of the molecule is C=NOC(C)=NCC.Cc1sc(NC(=O)C2CCCCC2)nc1-c1ccccc1. The number of aromatic nitrogens is 1. The van der Waals surface area contributed by atoms with Crippen molar-refractivity contribution in [2.75, 3.05) is 11.9 Å². The Morgan fingerprint density at radius 1 is 1.28 bits per heavy atom. The molecule has 1 amide bonds. The van der Waals surface area contributed by atoms with E-state index in [9.17, 15) is 4.79 Å². The van der Waals surface area contributed by atoms with Crippen molar-refractivity contribution in [2.45, 2.75) is 52.9 Å². The van der Waals surface area contributed by atoms with E-state index in [1.165, 1.54) is 19.3 Å². The van der Waals surface area contributed by atoms with Crippen LogP contribution in [0.2, 0.25) is 0 Å². The van der Waals surface area contributed by atoms with Crippen LogP contribution in [0.3, 0.4) is 0 Å². The van der Waals surface area contributed by atoms with E-state index in [-0.39, 0.29) is 11.8 Å². The number of amides is 1. The van der Waals surface area contributed by atoms with Gasteiger partial charge in [-0.3, -0.25) is 9.79 Å². The molecule has 1 saturated carbocycles. The fourth-order valence-electron chi connectivity index (χ4n) is 3.23. The highest BCUT2D eigenvalue weighted by Crippen LogP contribution is 2.31. The summed E-state index contributed by atoms with van der Waals surface area (Å²) >= 11 is 1.56. The number of carbonyl (C=O) groups excluding carboxylic acids is 1. The number of anilines is 1. The second-order valence-corrected chi connectivity index (χ2v) is 8.03. The molecule has 7 heteroatoms. The van der Waals surface area contributed by atoms with Gasteiger partial charge in [-0.1, -0.05) is 54.8 Å². The Labute approximate surface area is 177 Å². The average Bonchev–Trinajstić information content (AvgIpc) is 3.10. The highest BCUT2D eigenvalue weighted by atomic mass is 32.1. The largest absolute Gasteiger partial charge is 0.343 e. The van der Waals surface area contributed by atoms with E-state index in [0.29, 0.717) is 5.90 Å². The number of rotatable bonds is 5. The monoisotopic (exact) mass is 414 g/mol. The van der Waals surface area contributed by atoms with E-state index in [4.69, 9.17) is 0 Å². The molecule has 2 aromatic rings. The van der Waals surface area contributed by atoms with E-state index in [0.717, 1.165) is 40.7 Å². The quantitative estimate of drug-likeness (QED) is 0.388. The number of hydrogen-bond donors (Lipinski definition) is 1. The summed E-state index contributed by atoms with van der Waals surface area (Å²) in [5, 5.41) is 6.91. The van der Waals surface area contributed by atoms with Gasteiger partial charge in [0, 0.05) is 36.5 Å². The van der Waals surface area contributed by atoms with Gasteiger partial charge in [0.15, 0.2) is 5.13 Å². The number of thiazole rings is 1. The fourth-order valence-corrected chi connectivity index (χ4v) is 4.07. The van der Waals surface area contributed by atoms with Crippen LogP contribution < -0.4 is 5.32 Å². The second-order valence-electron chi connectivity index (χ2n) is 6.83. The van der Waals surface area contributed by atoms with E-state index in [1.54, 1.807) is 18.3 Å². The number of oxime groups is 1. The van der Waals surface area contributed by atoms with Gasteiger partial charge < -0.3 is 10.2 Å². The topological polar surface area (TPSA) is 75.9 Å². The zero-order valence-electron chi connectivity index (χ0n) is 17.5. The van der Waals surface area contributed by atoms with Crippen LogP contribution in [0.1, 0.15) is 50.8 Å². The first kappa shape index (κ1) is 22.7. The van der Waals surface area contributed by atoms with Crippen molar-refractivity contribution in [3.05, 3.63) is 35.2 Å². The normalized spacial score (nSPS) is 14.5. The average molecular weight is 415 g/mol. The molecule has 0 aliphatic heterocycles. The lowest BCUT2D eigenvalue weighted by Gasteiger charge is -2.19. The van der Waals surface area contributed by atoms with Gasteiger partial charge in [0.25, 0.3) is 0 Å². The van der Waals surface area contributed by atoms with Crippen LogP contribution in [0.5, 0.6) is 0 Å². The predicted molar refractivity (Wildman–Crippen MR) is 122 cm³/mol. The molecule has 1 N–H and O–H groups in total. The number of nitrogens with zero attached hydrogens (tertiary/aromatic N) is 3. The lowest BCUT2D eigenvalue weighted by atomic mass is 9.89. The van der Waals surface area contributed by atoms with Gasteiger partial charge in [0.2, 0.25) is 11.8 Å². The number of benzene rings is 1. The first-order chi connectivity index (χ1) is 14.0. The van der Waals surface area contributed by atoms with E-state index >= 15 is 0 Å². The summed E-state index contributed by atoms with van der Waals surface area (Å²) in [5.74, 6) is 0.869. The molecule has 0 radical (unpaired) electrons. The molecule has 0 atom stereocenters. The molecule has 156 valence electrons. The van der Waals surface area contributed by atoms with Crippen LogP contribution in [0, 0.1) is 12.8 Å². The summed E-state index contributed by atoms with van der Waals surface area (Å²) in [6.45, 7) is 9.57. The van der Waals surface area contributed by atoms with Gasteiger partial charge in [0.1, 0.15) is 0 Å². The van der Waals surface area contributed by atoms with Crippen LogP contribution in [-0.2, 0) is 9.63 Å². The van der Waals surface area contributed by atoms with E-state index in [2.05, 4.69) is 51.1 Å². The van der Waals surface area contributed by atoms with Crippen LogP contribution in [0.25, 0.3) is 11.3 Å². The maximum Gasteiger partial charge on any atom is 0.229 e. The second kappa shape index (κ2) is 12.1. The van der Waals surface area contributed by atoms with Crippen LogP contribution >= 0.6 is 11.3 Å². The summed E-state index contributed by atoms with van der Waals surface area (Å²) in [4.78, 5) is 26.4. The molecule has 0 bridgehead atoms. The smallest absolute Gasteiger partial charge is 0.229 e. The van der Waals surface area contributed by atoms with Crippen molar-refractivity contribution in [3.8, 4) is 11.3 Å². The third-order valence-corrected chi connectivity index (χ3v) is 5.51. The molecule has 29 heavy (non-hydrogen) atoms. The molecule has 0 unspecified atom stereocenters. The van der Waals surface area contributed by atoms with Crippen molar-refractivity contribution in [1.82, 2.24) is 4.98 Å². The molecule has 1 heterocycles. The van der Waals surface area contributed by atoms with Gasteiger partial charge in [-0.2, -0.15) is 0 Å². The van der Waals surface area contributed by atoms with Crippen molar-refractivity contribution in [1.29, 1.82) is 0 Å². The molecule has 1 aliphatic rings. The van der Waals surface area contributed by atoms with Gasteiger partial charge in [-0.25, -0.2) is 4.98 Å². The first-order valence-electron chi connectivity index (χ1n) is 10.0. The molecule has 6 nitrogen and oxygen atoms in total. The molecule has 0 saturated heterocycles. The summed E-state index contributed by atoms with van der Waals surface area (Å²) in [5.41, 5.74) is 2.07. The van der Waals surface area contributed by atoms with Crippen molar-refractivity contribution >= 4 is 35.0 Å². The number of nitrogens with one attached hydrogen (secondary N) is 1. The summed E-state index contributed by atoms with van der Waals surface area (Å²) in [6, 6.07) is 10.1. The van der Waals surface area contributed by atoms with E-state index < -0.39 is 0 Å². The standard InChI is InChI=1S/C17H20N2OS.C5H10N2O/c1-12-15(13-8-4-2-5-9-13)18-17(21-12)19-16(20)14-10-6-3-7-11-14;1-4-7-5(2)8-6-3/h2,4-5,8-9,14H,3,6-7,10-11H2,1H3,(H,18,19,20);3-4H2,1-2H3. The number of aliphatic imine (C=N–C) groups is 1. The van der Waals surface area contributed by atoms with Gasteiger partial charge in [0.05, 0.1) is 5.69 Å². The molecule has 1 fully saturated rings. The van der Waals surface area contributed by atoms with Gasteiger partial charge >= 0.3 is 0 Å². The Hall–Kier alpha value is -2.54. The van der Waals surface area contributed by atoms with Crippen LogP contribution in [0.4, 0.5) is 5.13 Å². The van der Waals surface area contributed by atoms with Crippen molar-refractivity contribution < 1.29 is 9.63 Å². The summed E-state index contributed by atoms with van der Waals surface area (Å²) in [6.07, 6.45) is 5.64. The van der Waals surface area contributed by atoms with Crippen molar-refractivity contribution in [3.63, 3.8) is 0 Å². The fraction of sp³-hybridized carbons (Fsp3) is 0.455.